The Morgan fingerprint density at radius 2 is 1.14 bits per heavy atom. The zero-order valence-electron chi connectivity index (χ0n) is 31.3. The number of hydrogen-bond donors (Lipinski definition) is 0. The molecule has 3 heterocycles. The number of thiophene rings is 1. The molecule has 3 aromatic heterocycles. The quantitative estimate of drug-likeness (QED) is 0.176. The zero-order valence-corrected chi connectivity index (χ0v) is 32.1. The number of hydrogen-bond acceptors (Lipinski definition) is 5. The summed E-state index contributed by atoms with van der Waals surface area (Å²) in [5, 5.41) is 4.67. The number of benzene rings is 8. The summed E-state index contributed by atoms with van der Waals surface area (Å²) in [5.74, 6) is 0.609. The Kier molecular flexibility index (Phi) is 6.82. The van der Waals surface area contributed by atoms with Crippen LogP contribution in [0.15, 0.2) is 179 Å². The zero-order chi connectivity index (χ0) is 37.8. The number of aromatic nitrogens is 1. The summed E-state index contributed by atoms with van der Waals surface area (Å²) in [6.07, 6.45) is 0. The van der Waals surface area contributed by atoms with Gasteiger partial charge in [-0.2, -0.15) is 0 Å². The maximum Gasteiger partial charge on any atom is 0.227 e. The van der Waals surface area contributed by atoms with Gasteiger partial charge in [0, 0.05) is 65.1 Å². The molecule has 0 aliphatic heterocycles. The summed E-state index contributed by atoms with van der Waals surface area (Å²) < 4.78 is 15.2. The van der Waals surface area contributed by atoms with Crippen molar-refractivity contribution in [3.8, 4) is 33.7 Å². The first kappa shape index (κ1) is 32.3. The first-order valence-electron chi connectivity index (χ1n) is 19.3. The van der Waals surface area contributed by atoms with Gasteiger partial charge < -0.3 is 13.7 Å². The van der Waals surface area contributed by atoms with Gasteiger partial charge in [0.2, 0.25) is 5.89 Å². The normalized spacial score (nSPS) is 13.2. The van der Waals surface area contributed by atoms with Gasteiger partial charge in [0.1, 0.15) is 16.7 Å². The molecule has 12 rings (SSSR count). The maximum atomic E-state index is 6.46. The average molecular weight is 751 g/mol. The molecular weight excluding hydrogens is 717 g/mol. The second-order valence-electron chi connectivity index (χ2n) is 15.6. The smallest absolute Gasteiger partial charge is 0.227 e. The number of nitrogens with zero attached hydrogens (tertiary/aromatic N) is 2. The van der Waals surface area contributed by atoms with Gasteiger partial charge in [0.15, 0.2) is 5.58 Å². The number of fused-ring (bicyclic) bond motifs is 10. The van der Waals surface area contributed by atoms with Crippen LogP contribution in [0.2, 0.25) is 0 Å². The molecule has 0 bridgehead atoms. The van der Waals surface area contributed by atoms with Gasteiger partial charge in [-0.3, -0.25) is 0 Å². The molecule has 0 fully saturated rings. The fourth-order valence-electron chi connectivity index (χ4n) is 9.03. The maximum absolute atomic E-state index is 6.46. The average Bonchev–Trinajstić information content (AvgIpc) is 4.00. The molecule has 1 aliphatic carbocycles. The summed E-state index contributed by atoms with van der Waals surface area (Å²) in [5.41, 5.74) is 15.0. The van der Waals surface area contributed by atoms with Crippen molar-refractivity contribution in [3.05, 3.63) is 181 Å². The highest BCUT2D eigenvalue weighted by Gasteiger charge is 2.35. The summed E-state index contributed by atoms with van der Waals surface area (Å²) in [4.78, 5) is 7.16. The van der Waals surface area contributed by atoms with E-state index >= 15 is 0 Å². The lowest BCUT2D eigenvalue weighted by Crippen LogP contribution is -2.15. The third kappa shape index (κ3) is 4.95. The lowest BCUT2D eigenvalue weighted by molar-refractivity contribution is 0.620. The molecular formula is C52H34N2O2S. The Hall–Kier alpha value is -6.95. The molecule has 0 spiro atoms. The molecule has 0 saturated heterocycles. The van der Waals surface area contributed by atoms with Crippen LogP contribution < -0.4 is 4.90 Å². The van der Waals surface area contributed by atoms with Crippen LogP contribution in [-0.4, -0.2) is 4.98 Å². The first-order chi connectivity index (χ1) is 28.0. The monoisotopic (exact) mass is 750 g/mol. The SMILES string of the molecule is CC1(C)c2ccccc2-c2cc(N(c3ccc(-c4ccc5c(c4)oc4cc6nc(-c7ccccc7)oc6cc45)cc3)c3ccc4c(c3)sc3ccccc34)ccc21. The van der Waals surface area contributed by atoms with Crippen LogP contribution in [0.1, 0.15) is 25.0 Å². The summed E-state index contributed by atoms with van der Waals surface area (Å²) in [7, 11) is 0. The molecule has 0 atom stereocenters. The number of rotatable bonds is 5. The fourth-order valence-corrected chi connectivity index (χ4v) is 10.2. The van der Waals surface area contributed by atoms with Crippen molar-refractivity contribution < 1.29 is 8.83 Å². The van der Waals surface area contributed by atoms with Gasteiger partial charge in [-0.05, 0) is 106 Å². The number of anilines is 3. The van der Waals surface area contributed by atoms with E-state index < -0.39 is 0 Å². The van der Waals surface area contributed by atoms with Gasteiger partial charge in [0.05, 0.1) is 0 Å². The van der Waals surface area contributed by atoms with E-state index in [4.69, 9.17) is 13.8 Å². The molecule has 5 heteroatoms. The van der Waals surface area contributed by atoms with E-state index in [1.165, 1.54) is 42.4 Å². The van der Waals surface area contributed by atoms with Crippen LogP contribution in [0.3, 0.4) is 0 Å². The van der Waals surface area contributed by atoms with Gasteiger partial charge in [-0.1, -0.05) is 105 Å². The Bertz CT molecular complexity index is 3390. The minimum atomic E-state index is -0.0540. The van der Waals surface area contributed by atoms with E-state index in [0.29, 0.717) is 5.89 Å². The van der Waals surface area contributed by atoms with Gasteiger partial charge in [-0.15, -0.1) is 11.3 Å². The van der Waals surface area contributed by atoms with E-state index in [1.54, 1.807) is 0 Å². The predicted molar refractivity (Wildman–Crippen MR) is 237 cm³/mol. The van der Waals surface area contributed by atoms with Gasteiger partial charge in [-0.25, -0.2) is 4.98 Å². The Morgan fingerprint density at radius 1 is 0.456 bits per heavy atom. The Balaban J connectivity index is 0.942. The highest BCUT2D eigenvalue weighted by molar-refractivity contribution is 7.25. The van der Waals surface area contributed by atoms with Crippen LogP contribution in [0.25, 0.3) is 86.9 Å². The van der Waals surface area contributed by atoms with Crippen LogP contribution in [0, 0.1) is 0 Å². The topological polar surface area (TPSA) is 42.4 Å². The lowest BCUT2D eigenvalue weighted by Gasteiger charge is -2.27. The minimum absolute atomic E-state index is 0.0540. The molecule has 0 amide bonds. The van der Waals surface area contributed by atoms with Crippen molar-refractivity contribution >= 4 is 81.6 Å². The van der Waals surface area contributed by atoms with E-state index in [2.05, 4.69) is 146 Å². The van der Waals surface area contributed by atoms with Crippen molar-refractivity contribution in [2.45, 2.75) is 19.3 Å². The molecule has 11 aromatic rings. The molecule has 0 radical (unpaired) electrons. The van der Waals surface area contributed by atoms with Crippen molar-refractivity contribution in [1.82, 2.24) is 4.98 Å². The van der Waals surface area contributed by atoms with Gasteiger partial charge >= 0.3 is 0 Å². The van der Waals surface area contributed by atoms with E-state index in [-0.39, 0.29) is 5.41 Å². The van der Waals surface area contributed by atoms with E-state index in [9.17, 15) is 0 Å². The van der Waals surface area contributed by atoms with E-state index in [0.717, 1.165) is 66.8 Å². The molecule has 8 aromatic carbocycles. The van der Waals surface area contributed by atoms with Crippen LogP contribution in [0.4, 0.5) is 17.1 Å². The Morgan fingerprint density at radius 3 is 2.04 bits per heavy atom. The van der Waals surface area contributed by atoms with Crippen LogP contribution in [0.5, 0.6) is 0 Å². The van der Waals surface area contributed by atoms with E-state index in [1.807, 2.05) is 53.8 Å². The van der Waals surface area contributed by atoms with Crippen LogP contribution in [-0.2, 0) is 5.41 Å². The second-order valence-corrected chi connectivity index (χ2v) is 16.7. The predicted octanol–water partition coefficient (Wildman–Crippen LogP) is 15.2. The largest absolute Gasteiger partial charge is 0.456 e. The lowest BCUT2D eigenvalue weighted by atomic mass is 9.82. The third-order valence-corrected chi connectivity index (χ3v) is 13.0. The van der Waals surface area contributed by atoms with Crippen molar-refractivity contribution in [3.63, 3.8) is 0 Å². The van der Waals surface area contributed by atoms with Crippen LogP contribution >= 0.6 is 11.3 Å². The van der Waals surface area contributed by atoms with Crippen molar-refractivity contribution in [2.75, 3.05) is 4.90 Å². The van der Waals surface area contributed by atoms with Crippen molar-refractivity contribution in [1.29, 1.82) is 0 Å². The second kappa shape index (κ2) is 12.0. The minimum Gasteiger partial charge on any atom is -0.456 e. The molecule has 1 aliphatic rings. The fraction of sp³-hybridized carbons (Fsp3) is 0.0577. The highest BCUT2D eigenvalue weighted by Crippen LogP contribution is 2.51. The van der Waals surface area contributed by atoms with Crippen molar-refractivity contribution in [2.24, 2.45) is 0 Å². The summed E-state index contributed by atoms with van der Waals surface area (Å²) >= 11 is 1.85. The number of furan rings is 1. The standard InChI is InChI=1S/C52H34N2O2S/c1-52(2)43-14-8-6-12-37(43)41-27-35(22-25-44(41)52)54(36-21-24-40-39-13-7-9-15-49(39)57-50(40)28-36)34-19-16-31(17-20-34)33-18-23-38-42-29-48-45(30-47(42)55-46(38)26-33)53-51(56-48)32-10-4-3-5-11-32/h3-30H,1-2H3. The molecule has 270 valence electrons. The first-order valence-corrected chi connectivity index (χ1v) is 20.2. The van der Waals surface area contributed by atoms with Gasteiger partial charge in [0.25, 0.3) is 0 Å². The molecule has 4 nitrogen and oxygen atoms in total. The summed E-state index contributed by atoms with van der Waals surface area (Å²) in [6, 6.07) is 60.9. The molecule has 57 heavy (non-hydrogen) atoms. The molecule has 0 unspecified atom stereocenters. The Labute approximate surface area is 332 Å². The number of oxazole rings is 1. The molecule has 0 saturated carbocycles. The third-order valence-electron chi connectivity index (χ3n) is 11.9. The molecule has 0 N–H and O–H groups in total. The summed E-state index contributed by atoms with van der Waals surface area (Å²) in [6.45, 7) is 4.67. The highest BCUT2D eigenvalue weighted by atomic mass is 32.1.